The lowest BCUT2D eigenvalue weighted by atomic mass is 10.1. The third-order valence-corrected chi connectivity index (χ3v) is 3.15. The van der Waals surface area contributed by atoms with E-state index in [9.17, 15) is 0 Å². The van der Waals surface area contributed by atoms with E-state index in [0.29, 0.717) is 0 Å². The normalized spacial score (nSPS) is 19.3. The van der Waals surface area contributed by atoms with E-state index in [1.807, 2.05) is 0 Å². The smallest absolute Gasteiger partial charge is 0.0388 e. The van der Waals surface area contributed by atoms with Crippen LogP contribution in [0.4, 0.5) is 0 Å². The predicted molar refractivity (Wildman–Crippen MR) is 80.7 cm³/mol. The average Bonchev–Trinajstić information content (AvgIpc) is 2.29. The minimum atomic E-state index is 0.731. The molecule has 2 aliphatic carbocycles. The summed E-state index contributed by atoms with van der Waals surface area (Å²) in [5.41, 5.74) is 2.40. The Bertz CT molecular complexity index is 411. The van der Waals surface area contributed by atoms with Gasteiger partial charge in [-0.25, -0.2) is 5.32 Å². The number of thiocarbonyl (C=S) groups is 2. The average molecular weight is 260 g/mol. The van der Waals surface area contributed by atoms with Gasteiger partial charge in [-0.15, -0.1) is 0 Å². The standard InChI is InChI=1S/C14H14NS2/c16-13-5-1-3-11(7-13)9-15-10-12-4-2-6-14(17)8-12/h1-4,7-8H,5-6,9-10H2. The molecule has 0 atom stereocenters. The maximum Gasteiger partial charge on any atom is 0.0388 e. The summed E-state index contributed by atoms with van der Waals surface area (Å²) >= 11 is 10.3. The highest BCUT2D eigenvalue weighted by molar-refractivity contribution is 7.81. The van der Waals surface area contributed by atoms with E-state index in [1.54, 1.807) is 0 Å². The predicted octanol–water partition coefficient (Wildman–Crippen LogP) is 3.10. The Balaban J connectivity index is 1.80. The Morgan fingerprint density at radius 1 is 0.882 bits per heavy atom. The van der Waals surface area contributed by atoms with Gasteiger partial charge in [0.05, 0.1) is 0 Å². The second kappa shape index (κ2) is 6.15. The first-order valence-corrected chi connectivity index (χ1v) is 6.49. The largest absolute Gasteiger partial charge is 0.232 e. The van der Waals surface area contributed by atoms with Crippen LogP contribution in [0.5, 0.6) is 0 Å². The maximum absolute atomic E-state index is 5.16. The van der Waals surface area contributed by atoms with Crippen LogP contribution >= 0.6 is 24.4 Å². The summed E-state index contributed by atoms with van der Waals surface area (Å²) in [7, 11) is 0. The molecule has 0 aromatic heterocycles. The third kappa shape index (κ3) is 4.11. The van der Waals surface area contributed by atoms with Gasteiger partial charge in [-0.1, -0.05) is 48.7 Å². The summed E-state index contributed by atoms with van der Waals surface area (Å²) in [6.45, 7) is 1.46. The highest BCUT2D eigenvalue weighted by Gasteiger charge is 2.04. The molecule has 0 N–H and O–H groups in total. The second-order valence-electron chi connectivity index (χ2n) is 4.12. The van der Waals surface area contributed by atoms with E-state index in [4.69, 9.17) is 24.4 Å². The van der Waals surface area contributed by atoms with Gasteiger partial charge in [0, 0.05) is 35.7 Å². The molecule has 0 saturated heterocycles. The zero-order chi connectivity index (χ0) is 12.1. The quantitative estimate of drug-likeness (QED) is 0.721. The molecule has 87 valence electrons. The van der Waals surface area contributed by atoms with Crippen LogP contribution in [0.15, 0.2) is 47.6 Å². The van der Waals surface area contributed by atoms with Crippen LogP contribution in [0.3, 0.4) is 0 Å². The van der Waals surface area contributed by atoms with Crippen molar-refractivity contribution in [3.63, 3.8) is 0 Å². The Hall–Kier alpha value is -0.900. The van der Waals surface area contributed by atoms with Crippen LogP contribution in [0.2, 0.25) is 0 Å². The van der Waals surface area contributed by atoms with Crippen molar-refractivity contribution < 1.29 is 0 Å². The molecule has 0 aromatic rings. The Kier molecular flexibility index (Phi) is 4.54. The van der Waals surface area contributed by atoms with Crippen LogP contribution in [0.1, 0.15) is 12.8 Å². The molecular formula is C14H14NS2. The molecule has 0 amide bonds. The molecule has 1 radical (unpaired) electrons. The monoisotopic (exact) mass is 260 g/mol. The van der Waals surface area contributed by atoms with Crippen molar-refractivity contribution in [1.82, 2.24) is 5.32 Å². The fourth-order valence-corrected chi connectivity index (χ4v) is 2.29. The first-order valence-electron chi connectivity index (χ1n) is 5.67. The van der Waals surface area contributed by atoms with Crippen molar-refractivity contribution in [2.75, 3.05) is 13.1 Å². The third-order valence-electron chi connectivity index (χ3n) is 2.58. The molecule has 3 heteroatoms. The summed E-state index contributed by atoms with van der Waals surface area (Å²) < 4.78 is 0. The van der Waals surface area contributed by atoms with Gasteiger partial charge in [0.25, 0.3) is 0 Å². The maximum atomic E-state index is 5.16. The minimum absolute atomic E-state index is 0.731. The van der Waals surface area contributed by atoms with Gasteiger partial charge in [0.1, 0.15) is 0 Å². The van der Waals surface area contributed by atoms with Crippen LogP contribution in [-0.4, -0.2) is 22.8 Å². The molecule has 0 unspecified atom stereocenters. The molecule has 0 saturated carbocycles. The van der Waals surface area contributed by atoms with E-state index in [-0.39, 0.29) is 0 Å². The lowest BCUT2D eigenvalue weighted by Gasteiger charge is -2.10. The van der Waals surface area contributed by atoms with Gasteiger partial charge in [0.15, 0.2) is 0 Å². The van der Waals surface area contributed by atoms with E-state index >= 15 is 0 Å². The van der Waals surface area contributed by atoms with Gasteiger partial charge in [-0.2, -0.15) is 0 Å². The first-order chi connectivity index (χ1) is 8.24. The summed E-state index contributed by atoms with van der Waals surface area (Å²) in [4.78, 5) is 1.99. The number of rotatable bonds is 4. The van der Waals surface area contributed by atoms with E-state index in [2.05, 4.69) is 41.8 Å². The fourth-order valence-electron chi connectivity index (χ4n) is 1.79. The van der Waals surface area contributed by atoms with Crippen LogP contribution in [-0.2, 0) is 0 Å². The van der Waals surface area contributed by atoms with Crippen molar-refractivity contribution in [1.29, 1.82) is 0 Å². The molecule has 2 aliphatic rings. The number of hydrogen-bond acceptors (Lipinski definition) is 2. The van der Waals surface area contributed by atoms with Crippen LogP contribution < -0.4 is 5.32 Å². The lowest BCUT2D eigenvalue weighted by molar-refractivity contribution is 0.790. The highest BCUT2D eigenvalue weighted by atomic mass is 32.1. The number of nitrogens with zero attached hydrogens (tertiary/aromatic N) is 1. The zero-order valence-electron chi connectivity index (χ0n) is 9.56. The van der Waals surface area contributed by atoms with Crippen molar-refractivity contribution in [2.24, 2.45) is 0 Å². The van der Waals surface area contributed by atoms with Gasteiger partial charge in [-0.05, 0) is 23.3 Å². The van der Waals surface area contributed by atoms with Crippen LogP contribution in [0, 0.1) is 0 Å². The molecule has 0 heterocycles. The Morgan fingerprint density at radius 2 is 1.35 bits per heavy atom. The molecule has 1 nitrogen and oxygen atoms in total. The van der Waals surface area contributed by atoms with Crippen molar-refractivity contribution in [3.05, 3.63) is 47.6 Å². The summed E-state index contributed by atoms with van der Waals surface area (Å²) in [5.74, 6) is 0. The number of allylic oxidation sites excluding steroid dienone is 4. The molecular weight excluding hydrogens is 246 g/mol. The molecule has 17 heavy (non-hydrogen) atoms. The van der Waals surface area contributed by atoms with Crippen molar-refractivity contribution >= 4 is 34.2 Å². The lowest BCUT2D eigenvalue weighted by Crippen LogP contribution is -2.14. The van der Waals surface area contributed by atoms with Gasteiger partial charge >= 0.3 is 0 Å². The van der Waals surface area contributed by atoms with Crippen LogP contribution in [0.25, 0.3) is 0 Å². The molecule has 0 aromatic carbocycles. The van der Waals surface area contributed by atoms with E-state index in [0.717, 1.165) is 35.7 Å². The Labute approximate surface area is 113 Å². The minimum Gasteiger partial charge on any atom is -0.232 e. The molecule has 0 bridgehead atoms. The Morgan fingerprint density at radius 3 is 1.76 bits per heavy atom. The summed E-state index contributed by atoms with van der Waals surface area (Å²) in [6, 6.07) is 0. The fraction of sp³-hybridized carbons (Fsp3) is 0.286. The number of hydrogen-bond donors (Lipinski definition) is 0. The molecule has 0 spiro atoms. The molecule has 0 aliphatic heterocycles. The second-order valence-corrected chi connectivity index (χ2v) is 5.17. The molecule has 2 rings (SSSR count). The zero-order valence-corrected chi connectivity index (χ0v) is 11.2. The van der Waals surface area contributed by atoms with Gasteiger partial charge in [-0.3, -0.25) is 0 Å². The summed E-state index contributed by atoms with van der Waals surface area (Å²) in [5, 5.41) is 4.53. The summed E-state index contributed by atoms with van der Waals surface area (Å²) in [6.07, 6.45) is 14.3. The highest BCUT2D eigenvalue weighted by Crippen LogP contribution is 2.10. The van der Waals surface area contributed by atoms with Crippen molar-refractivity contribution in [3.8, 4) is 0 Å². The van der Waals surface area contributed by atoms with E-state index in [1.165, 1.54) is 11.1 Å². The SMILES string of the molecule is S=C1C=C(C[N]CC2=CC(=S)CC=C2)C=CC1. The van der Waals surface area contributed by atoms with Crippen molar-refractivity contribution in [2.45, 2.75) is 12.8 Å². The topological polar surface area (TPSA) is 14.1 Å². The first kappa shape index (κ1) is 12.6. The van der Waals surface area contributed by atoms with E-state index < -0.39 is 0 Å². The molecule has 0 fully saturated rings. The van der Waals surface area contributed by atoms with Gasteiger partial charge in [0.2, 0.25) is 0 Å². The van der Waals surface area contributed by atoms with Gasteiger partial charge < -0.3 is 0 Å².